The molecule has 0 rings (SSSR count). The summed E-state index contributed by atoms with van der Waals surface area (Å²) in [5, 5.41) is 5.39. The first-order valence-electron chi connectivity index (χ1n) is 5.85. The predicted octanol–water partition coefficient (Wildman–Crippen LogP) is -0.276. The molecule has 0 aromatic carbocycles. The molecule has 0 aromatic heterocycles. The third-order valence-corrected chi connectivity index (χ3v) is 1.92. The first-order chi connectivity index (χ1) is 8.41. The molecule has 0 aliphatic carbocycles. The van der Waals surface area contributed by atoms with Crippen molar-refractivity contribution in [2.24, 2.45) is 11.5 Å². The number of rotatable bonds is 7. The first kappa shape index (κ1) is 16.0. The van der Waals surface area contributed by atoms with Gasteiger partial charge in [0.2, 0.25) is 11.8 Å². The summed E-state index contributed by atoms with van der Waals surface area (Å²) in [7, 11) is 0. The number of carbonyl (C=O) groups excluding carboxylic acids is 2. The van der Waals surface area contributed by atoms with Gasteiger partial charge in [-0.3, -0.25) is 9.59 Å². The molecule has 6 N–H and O–H groups in total. The molecule has 102 valence electrons. The van der Waals surface area contributed by atoms with Gasteiger partial charge in [0.05, 0.1) is 0 Å². The van der Waals surface area contributed by atoms with E-state index in [1.165, 1.54) is 12.2 Å². The van der Waals surface area contributed by atoms with E-state index >= 15 is 0 Å². The van der Waals surface area contributed by atoms with Gasteiger partial charge >= 0.3 is 0 Å². The zero-order chi connectivity index (χ0) is 14.0. The number of hydrogen-bond acceptors (Lipinski definition) is 4. The number of hydrogen-bond donors (Lipinski definition) is 4. The van der Waals surface area contributed by atoms with Gasteiger partial charge in [0, 0.05) is 36.6 Å². The summed E-state index contributed by atoms with van der Waals surface area (Å²) < 4.78 is 0. The fourth-order valence-corrected chi connectivity index (χ4v) is 1.19. The number of carbonyl (C=O) groups is 2. The van der Waals surface area contributed by atoms with Crippen molar-refractivity contribution in [2.45, 2.75) is 26.7 Å². The largest absolute Gasteiger partial charge is 0.402 e. The second kappa shape index (κ2) is 9.09. The van der Waals surface area contributed by atoms with Crippen LogP contribution in [0.25, 0.3) is 0 Å². The number of unbranched alkanes of at least 4 members (excludes halogenated alkanes) is 1. The SMILES string of the molecule is C/C(N)=C/C(=O)NCCCCNC(=O)/C=C(/C)N. The molecule has 0 atom stereocenters. The van der Waals surface area contributed by atoms with Gasteiger partial charge in [-0.25, -0.2) is 0 Å². The second-order valence-corrected chi connectivity index (χ2v) is 4.07. The Labute approximate surface area is 107 Å². The van der Waals surface area contributed by atoms with Crippen LogP contribution in [-0.4, -0.2) is 24.9 Å². The van der Waals surface area contributed by atoms with Gasteiger partial charge in [0.15, 0.2) is 0 Å². The van der Waals surface area contributed by atoms with Crippen molar-refractivity contribution < 1.29 is 9.59 Å². The van der Waals surface area contributed by atoms with E-state index in [4.69, 9.17) is 11.5 Å². The molecule has 0 aliphatic rings. The fraction of sp³-hybridized carbons (Fsp3) is 0.500. The summed E-state index contributed by atoms with van der Waals surface area (Å²) in [5.74, 6) is -0.388. The van der Waals surface area contributed by atoms with Crippen molar-refractivity contribution in [3.8, 4) is 0 Å². The second-order valence-electron chi connectivity index (χ2n) is 4.07. The van der Waals surface area contributed by atoms with E-state index in [0.29, 0.717) is 24.5 Å². The molecule has 0 radical (unpaired) electrons. The van der Waals surface area contributed by atoms with Crippen LogP contribution < -0.4 is 22.1 Å². The van der Waals surface area contributed by atoms with Gasteiger partial charge in [-0.15, -0.1) is 0 Å². The zero-order valence-corrected chi connectivity index (χ0v) is 11.0. The minimum Gasteiger partial charge on any atom is -0.402 e. The molecule has 6 nitrogen and oxygen atoms in total. The van der Waals surface area contributed by atoms with Crippen LogP contribution in [0.15, 0.2) is 23.5 Å². The molecule has 0 fully saturated rings. The Morgan fingerprint density at radius 1 is 0.889 bits per heavy atom. The van der Waals surface area contributed by atoms with E-state index < -0.39 is 0 Å². The van der Waals surface area contributed by atoms with Crippen LogP contribution >= 0.6 is 0 Å². The topological polar surface area (TPSA) is 110 Å². The van der Waals surface area contributed by atoms with Gasteiger partial charge < -0.3 is 22.1 Å². The first-order valence-corrected chi connectivity index (χ1v) is 5.85. The highest BCUT2D eigenvalue weighted by atomic mass is 16.2. The normalized spacial score (nSPS) is 12.1. The maximum absolute atomic E-state index is 11.2. The summed E-state index contributed by atoms with van der Waals surface area (Å²) >= 11 is 0. The maximum atomic E-state index is 11.2. The molecule has 0 spiro atoms. The Kier molecular flexibility index (Phi) is 8.09. The van der Waals surface area contributed by atoms with Crippen LogP contribution in [0.2, 0.25) is 0 Å². The summed E-state index contributed by atoms with van der Waals surface area (Å²) in [4.78, 5) is 22.3. The highest BCUT2D eigenvalue weighted by Crippen LogP contribution is 1.87. The molecule has 6 heteroatoms. The van der Waals surface area contributed by atoms with E-state index in [1.807, 2.05) is 0 Å². The van der Waals surface area contributed by atoms with E-state index in [2.05, 4.69) is 10.6 Å². The maximum Gasteiger partial charge on any atom is 0.245 e. The lowest BCUT2D eigenvalue weighted by molar-refractivity contribution is -0.117. The Morgan fingerprint density at radius 3 is 1.50 bits per heavy atom. The molecule has 0 aromatic rings. The van der Waals surface area contributed by atoms with Crippen molar-refractivity contribution in [1.29, 1.82) is 0 Å². The van der Waals surface area contributed by atoms with Gasteiger partial charge in [0.1, 0.15) is 0 Å². The average Bonchev–Trinajstić information content (AvgIpc) is 2.20. The smallest absolute Gasteiger partial charge is 0.245 e. The standard InChI is InChI=1S/C12H22N4O2/c1-9(13)7-11(17)15-5-3-4-6-16-12(18)8-10(2)14/h7-8H,3-6,13-14H2,1-2H3,(H,15,17)(H,16,18)/b9-7-,10-8-. The Balaban J connectivity index is 3.53. The molecule has 0 heterocycles. The minimum atomic E-state index is -0.194. The Morgan fingerprint density at radius 2 is 1.22 bits per heavy atom. The van der Waals surface area contributed by atoms with Gasteiger partial charge in [0.25, 0.3) is 0 Å². The third kappa shape index (κ3) is 10.5. The summed E-state index contributed by atoms with van der Waals surface area (Å²) in [6.07, 6.45) is 4.26. The summed E-state index contributed by atoms with van der Waals surface area (Å²) in [6, 6.07) is 0. The minimum absolute atomic E-state index is 0.194. The highest BCUT2D eigenvalue weighted by Gasteiger charge is 1.97. The van der Waals surface area contributed by atoms with Crippen molar-refractivity contribution in [2.75, 3.05) is 13.1 Å². The molecule has 0 unspecified atom stereocenters. The Bertz CT molecular complexity index is 306. The molecule has 0 saturated heterocycles. The van der Waals surface area contributed by atoms with E-state index in [0.717, 1.165) is 12.8 Å². The number of amides is 2. The monoisotopic (exact) mass is 254 g/mol. The lowest BCUT2D eigenvalue weighted by atomic mass is 10.3. The molecule has 0 saturated carbocycles. The molecule has 0 aliphatic heterocycles. The molecule has 2 amide bonds. The highest BCUT2D eigenvalue weighted by molar-refractivity contribution is 5.88. The Hall–Kier alpha value is -1.98. The molecule has 0 bridgehead atoms. The van der Waals surface area contributed by atoms with Gasteiger partial charge in [-0.1, -0.05) is 0 Å². The van der Waals surface area contributed by atoms with E-state index in [1.54, 1.807) is 13.8 Å². The van der Waals surface area contributed by atoms with Crippen molar-refractivity contribution in [1.82, 2.24) is 10.6 Å². The van der Waals surface area contributed by atoms with Crippen molar-refractivity contribution >= 4 is 11.8 Å². The number of allylic oxidation sites excluding steroid dienone is 2. The van der Waals surface area contributed by atoms with Gasteiger partial charge in [-0.2, -0.15) is 0 Å². The molecular formula is C12H22N4O2. The van der Waals surface area contributed by atoms with Crippen molar-refractivity contribution in [3.63, 3.8) is 0 Å². The van der Waals surface area contributed by atoms with E-state index in [-0.39, 0.29) is 11.8 Å². The average molecular weight is 254 g/mol. The van der Waals surface area contributed by atoms with Crippen LogP contribution in [0, 0.1) is 0 Å². The predicted molar refractivity (Wildman–Crippen MR) is 71.1 cm³/mol. The number of nitrogens with two attached hydrogens (primary N) is 2. The lowest BCUT2D eigenvalue weighted by Crippen LogP contribution is -2.26. The van der Waals surface area contributed by atoms with E-state index in [9.17, 15) is 9.59 Å². The fourth-order valence-electron chi connectivity index (χ4n) is 1.19. The van der Waals surface area contributed by atoms with Crippen LogP contribution in [0.5, 0.6) is 0 Å². The van der Waals surface area contributed by atoms with Gasteiger partial charge in [-0.05, 0) is 26.7 Å². The molecule has 18 heavy (non-hydrogen) atoms. The third-order valence-electron chi connectivity index (χ3n) is 1.92. The van der Waals surface area contributed by atoms with Crippen LogP contribution in [0.4, 0.5) is 0 Å². The van der Waals surface area contributed by atoms with Crippen LogP contribution in [-0.2, 0) is 9.59 Å². The summed E-state index contributed by atoms with van der Waals surface area (Å²) in [5.41, 5.74) is 11.7. The van der Waals surface area contributed by atoms with Crippen LogP contribution in [0.3, 0.4) is 0 Å². The van der Waals surface area contributed by atoms with Crippen LogP contribution in [0.1, 0.15) is 26.7 Å². The quantitative estimate of drug-likeness (QED) is 0.370. The zero-order valence-electron chi connectivity index (χ0n) is 11.0. The molecular weight excluding hydrogens is 232 g/mol. The lowest BCUT2D eigenvalue weighted by Gasteiger charge is -2.04. The summed E-state index contributed by atoms with van der Waals surface area (Å²) in [6.45, 7) is 4.43. The van der Waals surface area contributed by atoms with Crippen molar-refractivity contribution in [3.05, 3.63) is 23.5 Å². The number of nitrogens with one attached hydrogen (secondary N) is 2.